The Balaban J connectivity index is 1.35. The largest absolute Gasteiger partial charge is 0.495 e. The van der Waals surface area contributed by atoms with E-state index >= 15 is 0 Å². The molecule has 2 amide bonds. The van der Waals surface area contributed by atoms with Crippen molar-refractivity contribution in [3.63, 3.8) is 0 Å². The standard InChI is InChI=1S/C34H38ClN5O4/c1-18-7-8-20(12-26(18)35)30-31-25(34(2,17-44-31)33(37)42)14-27(40-30)24(19-5-4-6-19)16-39-32(41)21-11-22(15-38-23-9-10-23)29(36)28(13-21)43-3/h7-8,11-15,19,23-24H,4-6,9-10,16-17,36H2,1-3H3,(H2,37,42)(H,39,41)/t24-,34-/m0/s1. The van der Waals surface area contributed by atoms with Crippen molar-refractivity contribution in [2.45, 2.75) is 63.3 Å². The van der Waals surface area contributed by atoms with Gasteiger partial charge in [0.15, 0.2) is 0 Å². The summed E-state index contributed by atoms with van der Waals surface area (Å²) in [6.07, 6.45) is 7.01. The molecule has 1 aromatic heterocycles. The van der Waals surface area contributed by atoms with Crippen molar-refractivity contribution in [1.82, 2.24) is 10.3 Å². The number of pyridine rings is 1. The van der Waals surface area contributed by atoms with Crippen LogP contribution in [0, 0.1) is 12.8 Å². The number of carbonyl (C=O) groups excluding carboxylic acids is 2. The molecule has 2 fully saturated rings. The van der Waals surface area contributed by atoms with Crippen LogP contribution in [0.15, 0.2) is 41.4 Å². The van der Waals surface area contributed by atoms with E-state index in [0.29, 0.717) is 63.1 Å². The molecular weight excluding hydrogens is 578 g/mol. The summed E-state index contributed by atoms with van der Waals surface area (Å²) in [7, 11) is 1.53. The smallest absolute Gasteiger partial charge is 0.251 e. The molecule has 0 radical (unpaired) electrons. The first kappa shape index (κ1) is 29.9. The van der Waals surface area contributed by atoms with Gasteiger partial charge in [0.2, 0.25) is 5.91 Å². The quantitative estimate of drug-likeness (QED) is 0.208. The predicted molar refractivity (Wildman–Crippen MR) is 172 cm³/mol. The van der Waals surface area contributed by atoms with Crippen LogP contribution in [0.2, 0.25) is 5.02 Å². The Morgan fingerprint density at radius 2 is 2.00 bits per heavy atom. The molecule has 6 rings (SSSR count). The zero-order chi connectivity index (χ0) is 31.2. The summed E-state index contributed by atoms with van der Waals surface area (Å²) in [6.45, 7) is 4.23. The van der Waals surface area contributed by atoms with Crippen LogP contribution < -0.4 is 26.3 Å². The van der Waals surface area contributed by atoms with E-state index in [1.54, 1.807) is 25.3 Å². The number of nitrogen functional groups attached to an aromatic ring is 1. The topological polar surface area (TPSA) is 142 Å². The molecule has 2 saturated carbocycles. The third kappa shape index (κ3) is 5.61. The molecule has 0 saturated heterocycles. The van der Waals surface area contributed by atoms with Gasteiger partial charge in [-0.15, -0.1) is 0 Å². The van der Waals surface area contributed by atoms with E-state index in [0.717, 1.165) is 48.9 Å². The van der Waals surface area contributed by atoms with Crippen LogP contribution >= 0.6 is 11.6 Å². The van der Waals surface area contributed by atoms with Crippen LogP contribution in [0.4, 0.5) is 5.69 Å². The molecule has 2 atom stereocenters. The molecular formula is C34H38ClN5O4. The molecule has 2 heterocycles. The average Bonchev–Trinajstić information content (AvgIpc) is 3.75. The van der Waals surface area contributed by atoms with Gasteiger partial charge in [0.25, 0.3) is 5.91 Å². The molecule has 0 bridgehead atoms. The van der Waals surface area contributed by atoms with Gasteiger partial charge in [-0.1, -0.05) is 30.2 Å². The Morgan fingerprint density at radius 3 is 2.64 bits per heavy atom. The highest BCUT2D eigenvalue weighted by Crippen LogP contribution is 2.47. The number of hydrogen-bond acceptors (Lipinski definition) is 7. The summed E-state index contributed by atoms with van der Waals surface area (Å²) < 4.78 is 11.6. The maximum atomic E-state index is 13.6. The van der Waals surface area contributed by atoms with Crippen LogP contribution in [0.3, 0.4) is 0 Å². The van der Waals surface area contributed by atoms with Crippen molar-refractivity contribution in [3.8, 4) is 22.8 Å². The van der Waals surface area contributed by atoms with E-state index in [-0.39, 0.29) is 18.4 Å². The highest BCUT2D eigenvalue weighted by atomic mass is 35.5. The number of nitrogens with zero attached hydrogens (tertiary/aromatic N) is 2. The molecule has 2 aliphatic carbocycles. The van der Waals surface area contributed by atoms with Crippen molar-refractivity contribution in [1.29, 1.82) is 0 Å². The average molecular weight is 616 g/mol. The summed E-state index contributed by atoms with van der Waals surface area (Å²) >= 11 is 6.51. The Kier molecular flexibility index (Phi) is 8.01. The highest BCUT2D eigenvalue weighted by molar-refractivity contribution is 6.31. The van der Waals surface area contributed by atoms with E-state index in [4.69, 9.17) is 37.5 Å². The van der Waals surface area contributed by atoms with Crippen LogP contribution in [-0.2, 0) is 10.2 Å². The number of amides is 2. The zero-order valence-corrected chi connectivity index (χ0v) is 26.0. The number of aryl methyl sites for hydroxylation is 1. The number of nitrogens with two attached hydrogens (primary N) is 2. The lowest BCUT2D eigenvalue weighted by Gasteiger charge is -2.34. The fraction of sp³-hybridized carbons (Fsp3) is 0.412. The summed E-state index contributed by atoms with van der Waals surface area (Å²) in [5.41, 5.74) is 16.6. The maximum Gasteiger partial charge on any atom is 0.251 e. The van der Waals surface area contributed by atoms with Gasteiger partial charge in [0, 0.05) is 51.6 Å². The lowest BCUT2D eigenvalue weighted by atomic mass is 9.73. The van der Waals surface area contributed by atoms with Crippen molar-refractivity contribution >= 4 is 35.3 Å². The van der Waals surface area contributed by atoms with Crippen molar-refractivity contribution in [3.05, 3.63) is 69.4 Å². The molecule has 3 aliphatic rings. The lowest BCUT2D eigenvalue weighted by Crippen LogP contribution is -2.40. The zero-order valence-electron chi connectivity index (χ0n) is 25.3. The first-order valence-corrected chi connectivity index (χ1v) is 15.5. The molecule has 2 aromatic carbocycles. The maximum absolute atomic E-state index is 13.6. The minimum Gasteiger partial charge on any atom is -0.495 e. The number of fused-ring (bicyclic) bond motifs is 1. The van der Waals surface area contributed by atoms with Crippen LogP contribution in [-0.4, -0.2) is 49.3 Å². The van der Waals surface area contributed by atoms with Gasteiger partial charge in [-0.05, 0) is 75.3 Å². The predicted octanol–water partition coefficient (Wildman–Crippen LogP) is 5.33. The second-order valence-electron chi connectivity index (χ2n) is 12.4. The number of anilines is 1. The molecule has 1 aliphatic heterocycles. The van der Waals surface area contributed by atoms with Crippen molar-refractivity contribution < 1.29 is 19.1 Å². The number of methoxy groups -OCH3 is 1. The van der Waals surface area contributed by atoms with Gasteiger partial charge in [0.1, 0.15) is 29.2 Å². The molecule has 3 aromatic rings. The second kappa shape index (κ2) is 11.8. The monoisotopic (exact) mass is 615 g/mol. The molecule has 9 nitrogen and oxygen atoms in total. The fourth-order valence-corrected chi connectivity index (χ4v) is 6.04. The molecule has 0 unspecified atom stereocenters. The van der Waals surface area contributed by atoms with Crippen molar-refractivity contribution in [2.24, 2.45) is 16.6 Å². The molecule has 0 spiro atoms. The van der Waals surface area contributed by atoms with Gasteiger partial charge in [-0.3, -0.25) is 14.6 Å². The normalized spacial score (nSPS) is 20.1. The molecule has 230 valence electrons. The SMILES string of the molecule is COc1cc(C(=O)NC[C@H](c2cc3c(c(-c4ccc(C)c(Cl)c4)n2)OC[C@]3(C)C(N)=O)C2CCC2)cc(C=NC2CC2)c1N. The van der Waals surface area contributed by atoms with Crippen LogP contribution in [0.5, 0.6) is 11.5 Å². The van der Waals surface area contributed by atoms with Gasteiger partial charge < -0.3 is 26.3 Å². The van der Waals surface area contributed by atoms with Crippen LogP contribution in [0.1, 0.15) is 77.7 Å². The minimum absolute atomic E-state index is 0.0954. The summed E-state index contributed by atoms with van der Waals surface area (Å²) in [5, 5.41) is 3.76. The number of halogens is 1. The Bertz CT molecular complexity index is 1670. The number of primary amides is 1. The Morgan fingerprint density at radius 1 is 1.23 bits per heavy atom. The van der Waals surface area contributed by atoms with Crippen molar-refractivity contribution in [2.75, 3.05) is 26.0 Å². The number of aliphatic imine (C=N–C) groups is 1. The number of nitrogens with one attached hydrogen (secondary N) is 1. The fourth-order valence-electron chi connectivity index (χ4n) is 5.86. The van der Waals surface area contributed by atoms with E-state index in [1.165, 1.54) is 7.11 Å². The number of aromatic nitrogens is 1. The van der Waals surface area contributed by atoms with Gasteiger partial charge in [-0.2, -0.15) is 0 Å². The van der Waals surface area contributed by atoms with Gasteiger partial charge in [0.05, 0.1) is 18.8 Å². The number of rotatable bonds is 10. The third-order valence-electron chi connectivity index (χ3n) is 9.29. The van der Waals surface area contributed by atoms with Gasteiger partial charge >= 0.3 is 0 Å². The van der Waals surface area contributed by atoms with E-state index in [2.05, 4.69) is 10.3 Å². The first-order chi connectivity index (χ1) is 21.1. The third-order valence-corrected chi connectivity index (χ3v) is 9.70. The summed E-state index contributed by atoms with van der Waals surface area (Å²) in [4.78, 5) is 35.9. The van der Waals surface area contributed by atoms with Crippen LogP contribution in [0.25, 0.3) is 11.3 Å². The number of hydrogen-bond donors (Lipinski definition) is 3. The number of ether oxygens (including phenoxy) is 2. The van der Waals surface area contributed by atoms with Gasteiger partial charge in [-0.25, -0.2) is 4.98 Å². The van der Waals surface area contributed by atoms with E-state index in [9.17, 15) is 9.59 Å². The van der Waals surface area contributed by atoms with E-state index < -0.39 is 11.3 Å². The number of benzene rings is 2. The molecule has 10 heteroatoms. The molecule has 5 N–H and O–H groups in total. The second-order valence-corrected chi connectivity index (χ2v) is 12.8. The number of carbonyl (C=O) groups is 2. The molecule has 44 heavy (non-hydrogen) atoms. The minimum atomic E-state index is -1.01. The summed E-state index contributed by atoms with van der Waals surface area (Å²) in [6, 6.07) is 11.4. The highest BCUT2D eigenvalue weighted by Gasteiger charge is 2.44. The first-order valence-electron chi connectivity index (χ1n) is 15.1. The van der Waals surface area contributed by atoms with E-state index in [1.807, 2.05) is 31.2 Å². The summed E-state index contributed by atoms with van der Waals surface area (Å²) in [5.74, 6) is 0.485. The lowest BCUT2D eigenvalue weighted by molar-refractivity contribution is -0.123. The Labute approximate surface area is 262 Å². The Hall–Kier alpha value is -4.11.